The average molecular weight is 363 g/mol. The van der Waals surface area contributed by atoms with Crippen LogP contribution in [0.2, 0.25) is 0 Å². The van der Waals surface area contributed by atoms with Gasteiger partial charge in [0.2, 0.25) is 5.91 Å². The van der Waals surface area contributed by atoms with Crippen molar-refractivity contribution in [3.05, 3.63) is 23.8 Å². The maximum atomic E-state index is 12.2. The minimum atomic E-state index is -1.34. The summed E-state index contributed by atoms with van der Waals surface area (Å²) in [5.41, 5.74) is -0.0884. The number of aliphatic carboxylic acids is 1. The van der Waals surface area contributed by atoms with Crippen LogP contribution in [0.15, 0.2) is 18.2 Å². The van der Waals surface area contributed by atoms with Gasteiger partial charge in [-0.3, -0.25) is 9.59 Å². The van der Waals surface area contributed by atoms with Gasteiger partial charge >= 0.3 is 5.97 Å². The molecular formula is C18H25N3O5. The summed E-state index contributed by atoms with van der Waals surface area (Å²) in [7, 11) is 5.18. The molecule has 1 atom stereocenters. The molecule has 1 aromatic rings. The molecule has 1 aliphatic heterocycles. The minimum Gasteiger partial charge on any atom is -0.489 e. The number of carboxylic acids is 1. The number of benzene rings is 1. The number of rotatable bonds is 5. The van der Waals surface area contributed by atoms with Gasteiger partial charge in [-0.15, -0.1) is 0 Å². The van der Waals surface area contributed by atoms with E-state index in [2.05, 4.69) is 5.32 Å². The smallest absolute Gasteiger partial charge is 0.328 e. The van der Waals surface area contributed by atoms with Crippen LogP contribution in [0.5, 0.6) is 5.75 Å². The van der Waals surface area contributed by atoms with Crippen LogP contribution in [-0.2, 0) is 9.59 Å². The van der Waals surface area contributed by atoms with Crippen molar-refractivity contribution >= 4 is 23.5 Å². The van der Waals surface area contributed by atoms with Crippen molar-refractivity contribution in [2.75, 3.05) is 32.6 Å². The normalized spacial score (nSPS) is 16.3. The van der Waals surface area contributed by atoms with E-state index in [0.29, 0.717) is 17.9 Å². The van der Waals surface area contributed by atoms with Gasteiger partial charge in [-0.2, -0.15) is 0 Å². The van der Waals surface area contributed by atoms with Crippen molar-refractivity contribution in [1.29, 1.82) is 0 Å². The fourth-order valence-electron chi connectivity index (χ4n) is 2.66. The van der Waals surface area contributed by atoms with E-state index >= 15 is 0 Å². The highest BCUT2D eigenvalue weighted by Gasteiger charge is 2.32. The third-order valence-electron chi connectivity index (χ3n) is 4.38. The maximum absolute atomic E-state index is 12.2. The van der Waals surface area contributed by atoms with Crippen LogP contribution >= 0.6 is 0 Å². The predicted octanol–water partition coefficient (Wildman–Crippen LogP) is 0.955. The van der Waals surface area contributed by atoms with Gasteiger partial charge in [0.25, 0.3) is 5.91 Å². The molecule has 2 amide bonds. The summed E-state index contributed by atoms with van der Waals surface area (Å²) in [6.45, 7) is 3.16. The van der Waals surface area contributed by atoms with Crippen molar-refractivity contribution in [2.45, 2.75) is 31.8 Å². The first-order valence-electron chi connectivity index (χ1n) is 8.28. The summed E-state index contributed by atoms with van der Waals surface area (Å²) in [6.07, 6.45) is 0.0818. The molecule has 0 spiro atoms. The number of anilines is 1. The average Bonchev–Trinajstić information content (AvgIpc) is 2.55. The molecule has 0 aromatic heterocycles. The van der Waals surface area contributed by atoms with Crippen LogP contribution in [-0.4, -0.2) is 67.1 Å². The lowest BCUT2D eigenvalue weighted by Gasteiger charge is -2.36. The molecule has 1 aromatic carbocycles. The Labute approximate surface area is 152 Å². The number of fused-ring (bicyclic) bond motifs is 1. The highest BCUT2D eigenvalue weighted by molar-refractivity contribution is 5.95. The SMILES string of the molecule is CN(C)C(=O)c1ccc2c(c1)N(C)C(CC(=O)NC(C)(C)C(=O)O)CO2. The number of carbonyl (C=O) groups excluding carboxylic acids is 2. The van der Waals surface area contributed by atoms with Crippen molar-refractivity contribution in [2.24, 2.45) is 0 Å². The molecule has 2 N–H and O–H groups in total. The van der Waals surface area contributed by atoms with Crippen LogP contribution < -0.4 is 15.0 Å². The third kappa shape index (κ3) is 4.07. The Kier molecular flexibility index (Phi) is 5.44. The number of hydrogen-bond donors (Lipinski definition) is 2. The Balaban J connectivity index is 2.14. The van der Waals surface area contributed by atoms with E-state index in [1.54, 1.807) is 32.3 Å². The standard InChI is InChI=1S/C18H25N3O5/c1-18(2,17(24)25)19-15(22)9-12-10-26-14-7-6-11(16(23)20(3)4)8-13(14)21(12)5/h6-8,12H,9-10H2,1-5H3,(H,19,22)(H,24,25). The molecule has 1 aliphatic rings. The molecule has 0 aliphatic carbocycles. The first kappa shape index (κ1) is 19.6. The molecule has 0 radical (unpaired) electrons. The predicted molar refractivity (Wildman–Crippen MR) is 96.6 cm³/mol. The number of nitrogens with zero attached hydrogens (tertiary/aromatic N) is 2. The molecule has 0 saturated heterocycles. The maximum Gasteiger partial charge on any atom is 0.328 e. The zero-order chi connectivity index (χ0) is 19.6. The topological polar surface area (TPSA) is 99.2 Å². The molecule has 2 rings (SSSR count). The van der Waals surface area contributed by atoms with Crippen LogP contribution in [0.4, 0.5) is 5.69 Å². The Morgan fingerprint density at radius 1 is 1.35 bits per heavy atom. The fraction of sp³-hybridized carbons (Fsp3) is 0.500. The Morgan fingerprint density at radius 3 is 2.58 bits per heavy atom. The van der Waals surface area contributed by atoms with E-state index in [1.165, 1.54) is 18.7 Å². The van der Waals surface area contributed by atoms with Gasteiger partial charge in [0, 0.05) is 26.7 Å². The molecular weight excluding hydrogens is 338 g/mol. The molecule has 8 nitrogen and oxygen atoms in total. The minimum absolute atomic E-state index is 0.0818. The summed E-state index contributed by atoms with van der Waals surface area (Å²) in [6, 6.07) is 4.92. The number of hydrogen-bond acceptors (Lipinski definition) is 5. The molecule has 8 heteroatoms. The quantitative estimate of drug-likeness (QED) is 0.808. The lowest BCUT2D eigenvalue weighted by atomic mass is 10.0. The molecule has 0 fully saturated rings. The van der Waals surface area contributed by atoms with Crippen LogP contribution in [0.1, 0.15) is 30.6 Å². The van der Waals surface area contributed by atoms with Crippen LogP contribution in [0.25, 0.3) is 0 Å². The number of ether oxygens (including phenoxy) is 1. The number of nitrogens with one attached hydrogen (secondary N) is 1. The number of amides is 2. The first-order valence-corrected chi connectivity index (χ1v) is 8.28. The van der Waals surface area contributed by atoms with Crippen LogP contribution in [0, 0.1) is 0 Å². The van der Waals surface area contributed by atoms with Gasteiger partial charge in [0.1, 0.15) is 17.9 Å². The van der Waals surface area contributed by atoms with E-state index < -0.39 is 11.5 Å². The lowest BCUT2D eigenvalue weighted by molar-refractivity contribution is -0.146. The summed E-state index contributed by atoms with van der Waals surface area (Å²) in [5.74, 6) is -0.951. The Morgan fingerprint density at radius 2 is 2.00 bits per heavy atom. The van der Waals surface area contributed by atoms with Gasteiger partial charge < -0.3 is 25.0 Å². The van der Waals surface area contributed by atoms with E-state index in [-0.39, 0.29) is 24.3 Å². The van der Waals surface area contributed by atoms with Crippen molar-refractivity contribution < 1.29 is 24.2 Å². The molecule has 1 unspecified atom stereocenters. The summed E-state index contributed by atoms with van der Waals surface area (Å²) < 4.78 is 5.72. The summed E-state index contributed by atoms with van der Waals surface area (Å²) in [5, 5.41) is 11.6. The monoisotopic (exact) mass is 363 g/mol. The second-order valence-corrected chi connectivity index (χ2v) is 7.14. The summed E-state index contributed by atoms with van der Waals surface area (Å²) in [4.78, 5) is 38.9. The van der Waals surface area contributed by atoms with Gasteiger partial charge in [-0.1, -0.05) is 0 Å². The van der Waals surface area contributed by atoms with E-state index in [9.17, 15) is 14.4 Å². The van der Waals surface area contributed by atoms with Crippen molar-refractivity contribution in [3.63, 3.8) is 0 Å². The van der Waals surface area contributed by atoms with E-state index in [0.717, 1.165) is 5.69 Å². The highest BCUT2D eigenvalue weighted by atomic mass is 16.5. The summed E-state index contributed by atoms with van der Waals surface area (Å²) >= 11 is 0. The molecule has 1 heterocycles. The lowest BCUT2D eigenvalue weighted by Crippen LogP contribution is -2.52. The van der Waals surface area contributed by atoms with Gasteiger partial charge in [0.15, 0.2) is 0 Å². The highest BCUT2D eigenvalue weighted by Crippen LogP contribution is 2.34. The fourth-order valence-corrected chi connectivity index (χ4v) is 2.66. The largest absolute Gasteiger partial charge is 0.489 e. The van der Waals surface area contributed by atoms with E-state index in [1.807, 2.05) is 11.9 Å². The molecule has 0 bridgehead atoms. The first-order chi connectivity index (χ1) is 12.0. The van der Waals surface area contributed by atoms with Gasteiger partial charge in [-0.05, 0) is 32.0 Å². The molecule has 142 valence electrons. The second kappa shape index (κ2) is 7.23. The van der Waals surface area contributed by atoms with E-state index in [4.69, 9.17) is 9.84 Å². The van der Waals surface area contributed by atoms with Crippen molar-refractivity contribution in [1.82, 2.24) is 10.2 Å². The zero-order valence-corrected chi connectivity index (χ0v) is 15.7. The van der Waals surface area contributed by atoms with Gasteiger partial charge in [0.05, 0.1) is 18.2 Å². The number of carbonyl (C=O) groups is 3. The molecule has 0 saturated carbocycles. The Hall–Kier alpha value is -2.77. The van der Waals surface area contributed by atoms with Crippen molar-refractivity contribution in [3.8, 4) is 5.75 Å². The Bertz CT molecular complexity index is 730. The second-order valence-electron chi connectivity index (χ2n) is 7.14. The zero-order valence-electron chi connectivity index (χ0n) is 15.7. The van der Waals surface area contributed by atoms with Crippen LogP contribution in [0.3, 0.4) is 0 Å². The number of likely N-dealkylation sites (N-methyl/N-ethyl adjacent to an activating group) is 1. The number of carboxylic acid groups (broad SMARTS) is 1. The van der Waals surface area contributed by atoms with Gasteiger partial charge in [-0.25, -0.2) is 4.79 Å². The molecule has 26 heavy (non-hydrogen) atoms. The third-order valence-corrected chi connectivity index (χ3v) is 4.38.